The van der Waals surface area contributed by atoms with E-state index < -0.39 is 0 Å². The molecule has 1 nitrogen and oxygen atoms in total. The zero-order valence-corrected chi connectivity index (χ0v) is 10.3. The van der Waals surface area contributed by atoms with Crippen LogP contribution in [-0.4, -0.2) is 4.98 Å². The van der Waals surface area contributed by atoms with Crippen molar-refractivity contribution in [1.29, 1.82) is 0 Å². The van der Waals surface area contributed by atoms with E-state index in [0.29, 0.717) is 0 Å². The molecular formula is C12H13NS2. The van der Waals surface area contributed by atoms with Gasteiger partial charge in [-0.25, -0.2) is 4.98 Å². The van der Waals surface area contributed by atoms with Gasteiger partial charge < -0.3 is 0 Å². The maximum Gasteiger partial charge on any atom is 0.123 e. The first-order valence-corrected chi connectivity index (χ1v) is 6.45. The highest BCUT2D eigenvalue weighted by Gasteiger charge is 2.09. The van der Waals surface area contributed by atoms with Gasteiger partial charge in [0.1, 0.15) is 5.01 Å². The Morgan fingerprint density at radius 1 is 1.27 bits per heavy atom. The minimum Gasteiger partial charge on any atom is -0.241 e. The lowest BCUT2D eigenvalue weighted by atomic mass is 10.2. The summed E-state index contributed by atoms with van der Waals surface area (Å²) in [4.78, 5) is 5.93. The molecule has 78 valence electrons. The Bertz CT molecular complexity index is 413. The quantitative estimate of drug-likeness (QED) is 0.798. The van der Waals surface area contributed by atoms with Crippen molar-refractivity contribution in [3.63, 3.8) is 0 Å². The number of benzene rings is 1. The second-order valence-corrected chi connectivity index (χ2v) is 4.67. The molecule has 0 atom stereocenters. The van der Waals surface area contributed by atoms with Crippen molar-refractivity contribution < 1.29 is 0 Å². The monoisotopic (exact) mass is 235 g/mol. The Morgan fingerprint density at radius 3 is 2.53 bits per heavy atom. The molecule has 3 heteroatoms. The van der Waals surface area contributed by atoms with Crippen molar-refractivity contribution in [2.24, 2.45) is 0 Å². The van der Waals surface area contributed by atoms with Crippen LogP contribution in [-0.2, 0) is 12.2 Å². The van der Waals surface area contributed by atoms with Gasteiger partial charge in [0, 0.05) is 16.2 Å². The van der Waals surface area contributed by atoms with E-state index in [1.54, 1.807) is 11.3 Å². The number of nitrogens with zero attached hydrogens (tertiary/aromatic N) is 1. The molecule has 0 aliphatic carbocycles. The standard InChI is InChI=1S/C12H13NS2/c1-2-10-11(8-14)15-12(13-10)9-6-4-3-5-7-9/h3-7,14H,2,8H2,1H3. The van der Waals surface area contributed by atoms with E-state index >= 15 is 0 Å². The first-order chi connectivity index (χ1) is 7.35. The van der Waals surface area contributed by atoms with Crippen molar-refractivity contribution in [2.75, 3.05) is 0 Å². The predicted molar refractivity (Wildman–Crippen MR) is 69.6 cm³/mol. The highest BCUT2D eigenvalue weighted by molar-refractivity contribution is 7.79. The zero-order valence-electron chi connectivity index (χ0n) is 8.60. The number of rotatable bonds is 3. The van der Waals surface area contributed by atoms with Gasteiger partial charge in [-0.3, -0.25) is 0 Å². The topological polar surface area (TPSA) is 12.9 Å². The van der Waals surface area contributed by atoms with Crippen LogP contribution in [0.5, 0.6) is 0 Å². The van der Waals surface area contributed by atoms with Gasteiger partial charge >= 0.3 is 0 Å². The number of aromatic nitrogens is 1. The summed E-state index contributed by atoms with van der Waals surface area (Å²) in [7, 11) is 0. The molecule has 1 aromatic carbocycles. The van der Waals surface area contributed by atoms with E-state index in [4.69, 9.17) is 0 Å². The summed E-state index contributed by atoms with van der Waals surface area (Å²) in [6.45, 7) is 2.14. The van der Waals surface area contributed by atoms with Crippen molar-refractivity contribution in [2.45, 2.75) is 19.1 Å². The first kappa shape index (κ1) is 10.7. The van der Waals surface area contributed by atoms with Crippen LogP contribution < -0.4 is 0 Å². The van der Waals surface area contributed by atoms with Crippen molar-refractivity contribution in [1.82, 2.24) is 4.98 Å². The molecule has 0 spiro atoms. The highest BCUT2D eigenvalue weighted by atomic mass is 32.1. The molecular weight excluding hydrogens is 222 g/mol. The van der Waals surface area contributed by atoms with E-state index in [-0.39, 0.29) is 0 Å². The molecule has 1 heterocycles. The summed E-state index contributed by atoms with van der Waals surface area (Å²) in [5, 5.41) is 1.11. The SMILES string of the molecule is CCc1nc(-c2ccccc2)sc1CS. The Labute approximate surface area is 99.6 Å². The van der Waals surface area contributed by atoms with Crippen molar-refractivity contribution in [3.8, 4) is 10.6 Å². The fourth-order valence-electron chi connectivity index (χ4n) is 1.49. The lowest BCUT2D eigenvalue weighted by Crippen LogP contribution is -1.84. The van der Waals surface area contributed by atoms with Crippen LogP contribution in [0.1, 0.15) is 17.5 Å². The largest absolute Gasteiger partial charge is 0.241 e. The van der Waals surface area contributed by atoms with Gasteiger partial charge in [-0.05, 0) is 6.42 Å². The molecule has 0 bridgehead atoms. The van der Waals surface area contributed by atoms with Crippen molar-refractivity contribution in [3.05, 3.63) is 40.9 Å². The molecule has 0 aliphatic rings. The van der Waals surface area contributed by atoms with E-state index in [1.807, 2.05) is 18.2 Å². The molecule has 1 aromatic heterocycles. The molecule has 2 rings (SSSR count). The summed E-state index contributed by atoms with van der Waals surface area (Å²) in [6, 6.07) is 10.3. The lowest BCUT2D eigenvalue weighted by Gasteiger charge is -1.93. The molecule has 0 unspecified atom stereocenters. The van der Waals surface area contributed by atoms with E-state index in [2.05, 4.69) is 36.7 Å². The second-order valence-electron chi connectivity index (χ2n) is 3.27. The first-order valence-electron chi connectivity index (χ1n) is 5.00. The van der Waals surface area contributed by atoms with Gasteiger partial charge in [0.15, 0.2) is 0 Å². The number of hydrogen-bond donors (Lipinski definition) is 1. The minimum atomic E-state index is 0.785. The fourth-order valence-corrected chi connectivity index (χ4v) is 2.88. The minimum absolute atomic E-state index is 0.785. The van der Waals surface area contributed by atoms with E-state index in [9.17, 15) is 0 Å². The smallest absolute Gasteiger partial charge is 0.123 e. The van der Waals surface area contributed by atoms with Crippen LogP contribution in [0.3, 0.4) is 0 Å². The molecule has 15 heavy (non-hydrogen) atoms. The maximum atomic E-state index is 4.64. The van der Waals surface area contributed by atoms with Crippen LogP contribution in [0.4, 0.5) is 0 Å². The molecule has 0 radical (unpaired) electrons. The van der Waals surface area contributed by atoms with Crippen LogP contribution in [0.2, 0.25) is 0 Å². The van der Waals surface area contributed by atoms with Gasteiger partial charge in [-0.1, -0.05) is 37.3 Å². The Balaban J connectivity index is 2.42. The Morgan fingerprint density at radius 2 is 2.00 bits per heavy atom. The zero-order chi connectivity index (χ0) is 10.7. The van der Waals surface area contributed by atoms with Gasteiger partial charge in [-0.2, -0.15) is 12.6 Å². The van der Waals surface area contributed by atoms with Crippen molar-refractivity contribution >= 4 is 24.0 Å². The average molecular weight is 235 g/mol. The number of hydrogen-bond acceptors (Lipinski definition) is 3. The molecule has 0 aliphatic heterocycles. The van der Waals surface area contributed by atoms with Gasteiger partial charge in [-0.15, -0.1) is 11.3 Å². The third-order valence-electron chi connectivity index (χ3n) is 2.28. The Kier molecular flexibility index (Phi) is 3.44. The summed E-state index contributed by atoms with van der Waals surface area (Å²) in [6.07, 6.45) is 0.985. The summed E-state index contributed by atoms with van der Waals surface area (Å²) in [5.74, 6) is 0.785. The Hall–Kier alpha value is -0.800. The lowest BCUT2D eigenvalue weighted by molar-refractivity contribution is 1.04. The van der Waals surface area contributed by atoms with Crippen LogP contribution in [0.15, 0.2) is 30.3 Å². The molecule has 0 fully saturated rings. The van der Waals surface area contributed by atoms with E-state index in [1.165, 1.54) is 16.1 Å². The second kappa shape index (κ2) is 4.81. The number of thiol groups is 1. The average Bonchev–Trinajstić information content (AvgIpc) is 2.73. The van der Waals surface area contributed by atoms with Crippen LogP contribution >= 0.6 is 24.0 Å². The molecule has 0 saturated heterocycles. The number of thiazole rings is 1. The highest BCUT2D eigenvalue weighted by Crippen LogP contribution is 2.29. The number of aryl methyl sites for hydroxylation is 1. The molecule has 0 N–H and O–H groups in total. The predicted octanol–water partition coefficient (Wildman–Crippen LogP) is 3.80. The third kappa shape index (κ3) is 2.24. The fraction of sp³-hybridized carbons (Fsp3) is 0.250. The van der Waals surface area contributed by atoms with Gasteiger partial charge in [0.25, 0.3) is 0 Å². The normalized spacial score (nSPS) is 10.5. The maximum absolute atomic E-state index is 4.64. The summed E-state index contributed by atoms with van der Waals surface area (Å²) in [5.41, 5.74) is 2.39. The van der Waals surface area contributed by atoms with E-state index in [0.717, 1.165) is 17.2 Å². The van der Waals surface area contributed by atoms with Gasteiger partial charge in [0.2, 0.25) is 0 Å². The summed E-state index contributed by atoms with van der Waals surface area (Å²) < 4.78 is 0. The van der Waals surface area contributed by atoms with Crippen LogP contribution in [0, 0.1) is 0 Å². The van der Waals surface area contributed by atoms with Gasteiger partial charge in [0.05, 0.1) is 5.69 Å². The van der Waals surface area contributed by atoms with Crippen LogP contribution in [0.25, 0.3) is 10.6 Å². The summed E-state index contributed by atoms with van der Waals surface area (Å²) >= 11 is 6.08. The molecule has 0 amide bonds. The third-order valence-corrected chi connectivity index (χ3v) is 3.95. The molecule has 0 saturated carbocycles. The molecule has 2 aromatic rings.